The van der Waals surface area contributed by atoms with Crippen molar-refractivity contribution in [3.05, 3.63) is 72.6 Å². The molecule has 0 aliphatic carbocycles. The van der Waals surface area contributed by atoms with E-state index >= 15 is 0 Å². The number of rotatable bonds is 4. The third kappa shape index (κ3) is 3.06. The number of hydrogen-bond acceptors (Lipinski definition) is 3. The van der Waals surface area contributed by atoms with E-state index in [2.05, 4.69) is 17.2 Å². The molecule has 0 radical (unpaired) electrons. The van der Waals surface area contributed by atoms with Crippen molar-refractivity contribution in [2.24, 2.45) is 0 Å². The topological polar surface area (TPSA) is 41.1 Å². The van der Waals surface area contributed by atoms with Gasteiger partial charge in [0.2, 0.25) is 0 Å². The molecule has 0 fully saturated rings. The van der Waals surface area contributed by atoms with Crippen LogP contribution in [0.3, 0.4) is 0 Å². The van der Waals surface area contributed by atoms with Crippen LogP contribution in [0, 0.1) is 0 Å². The molecule has 0 unspecified atom stereocenters. The van der Waals surface area contributed by atoms with E-state index in [4.69, 9.17) is 0 Å². The molecule has 1 heterocycles. The fourth-order valence-corrected chi connectivity index (χ4v) is 2.07. The Kier molecular flexibility index (Phi) is 4.56. The second kappa shape index (κ2) is 6.57. The molecular formula is C17H18N2O. The molecule has 0 saturated heterocycles. The lowest BCUT2D eigenvalue weighted by molar-refractivity contribution is -0.112. The lowest BCUT2D eigenvalue weighted by atomic mass is 9.97. The summed E-state index contributed by atoms with van der Waals surface area (Å²) in [5.74, 6) is 0.0784. The van der Waals surface area contributed by atoms with Crippen molar-refractivity contribution in [2.75, 3.05) is 11.9 Å². The van der Waals surface area contributed by atoms with Crippen LogP contribution in [0.5, 0.6) is 0 Å². The van der Waals surface area contributed by atoms with Gasteiger partial charge in [-0.15, -0.1) is 0 Å². The molecule has 20 heavy (non-hydrogen) atoms. The number of anilines is 1. The number of Topliss-reactive ketones (excluding diaryl/α,β-unsaturated/α-hetero) is 1. The number of para-hydroxylation sites is 1. The van der Waals surface area contributed by atoms with Crippen molar-refractivity contribution in [3.8, 4) is 0 Å². The first-order valence-electron chi connectivity index (χ1n) is 6.55. The minimum atomic E-state index is 0.0784. The number of fused-ring (bicyclic) bond motifs is 1. The highest BCUT2D eigenvalue weighted by Gasteiger charge is 2.20. The Morgan fingerprint density at radius 1 is 1.40 bits per heavy atom. The highest BCUT2D eigenvalue weighted by molar-refractivity contribution is 6.25. The molecule has 1 aliphatic heterocycles. The number of benzene rings is 1. The maximum atomic E-state index is 12.1. The lowest BCUT2D eigenvalue weighted by Gasteiger charge is -2.19. The molecule has 3 heteroatoms. The molecule has 0 bridgehead atoms. The van der Waals surface area contributed by atoms with Crippen LogP contribution in [0.1, 0.15) is 12.5 Å². The zero-order valence-corrected chi connectivity index (χ0v) is 11.5. The SMILES string of the molecule is C=C/C=C(\C=C/C)N/C=C1\C(=O)CNc2ccccc21. The van der Waals surface area contributed by atoms with Crippen molar-refractivity contribution in [1.82, 2.24) is 5.32 Å². The van der Waals surface area contributed by atoms with Crippen LogP contribution >= 0.6 is 0 Å². The van der Waals surface area contributed by atoms with E-state index in [0.717, 1.165) is 16.9 Å². The summed E-state index contributed by atoms with van der Waals surface area (Å²) in [5, 5.41) is 6.27. The van der Waals surface area contributed by atoms with Crippen LogP contribution in [0.2, 0.25) is 0 Å². The molecule has 0 saturated carbocycles. The highest BCUT2D eigenvalue weighted by atomic mass is 16.1. The molecule has 0 atom stereocenters. The van der Waals surface area contributed by atoms with Crippen molar-refractivity contribution < 1.29 is 4.79 Å². The van der Waals surface area contributed by atoms with Crippen LogP contribution in [0.4, 0.5) is 5.69 Å². The summed E-state index contributed by atoms with van der Waals surface area (Å²) >= 11 is 0. The van der Waals surface area contributed by atoms with Gasteiger partial charge < -0.3 is 10.6 Å². The smallest absolute Gasteiger partial charge is 0.183 e. The van der Waals surface area contributed by atoms with Crippen molar-refractivity contribution in [1.29, 1.82) is 0 Å². The summed E-state index contributed by atoms with van der Waals surface area (Å²) in [6.45, 7) is 5.95. The Hall–Kier alpha value is -2.55. The van der Waals surface area contributed by atoms with Gasteiger partial charge in [-0.25, -0.2) is 0 Å². The standard InChI is InChI=1S/C17H18N2O/c1-3-7-13(8-4-2)18-11-15-14-9-5-6-10-16(14)19-12-17(15)20/h3-11,18-19H,1,12H2,2H3/b8-4-,13-7+,15-11-. The minimum absolute atomic E-state index is 0.0784. The van der Waals surface area contributed by atoms with Gasteiger partial charge in [0.25, 0.3) is 0 Å². The number of hydrogen-bond donors (Lipinski definition) is 2. The summed E-state index contributed by atoms with van der Waals surface area (Å²) in [4.78, 5) is 12.1. The fourth-order valence-electron chi connectivity index (χ4n) is 2.07. The van der Waals surface area contributed by atoms with Gasteiger partial charge in [0, 0.05) is 28.7 Å². The van der Waals surface area contributed by atoms with Crippen molar-refractivity contribution in [3.63, 3.8) is 0 Å². The Morgan fingerprint density at radius 3 is 2.95 bits per heavy atom. The molecule has 1 aliphatic rings. The van der Waals surface area contributed by atoms with Gasteiger partial charge in [0.1, 0.15) is 0 Å². The van der Waals surface area contributed by atoms with Crippen LogP contribution < -0.4 is 10.6 Å². The Bertz CT molecular complexity index is 609. The van der Waals surface area contributed by atoms with Gasteiger partial charge in [-0.2, -0.15) is 0 Å². The van der Waals surface area contributed by atoms with Gasteiger partial charge in [-0.1, -0.05) is 36.9 Å². The van der Waals surface area contributed by atoms with E-state index in [1.165, 1.54) is 0 Å². The first-order valence-corrected chi connectivity index (χ1v) is 6.55. The first-order chi connectivity index (χ1) is 9.76. The molecule has 0 spiro atoms. The molecular weight excluding hydrogens is 248 g/mol. The van der Waals surface area contributed by atoms with Crippen molar-refractivity contribution in [2.45, 2.75) is 6.92 Å². The van der Waals surface area contributed by atoms with E-state index in [1.54, 1.807) is 12.3 Å². The monoisotopic (exact) mass is 266 g/mol. The summed E-state index contributed by atoms with van der Waals surface area (Å²) < 4.78 is 0. The number of carbonyl (C=O) groups excluding carboxylic acids is 1. The molecule has 2 rings (SSSR count). The van der Waals surface area contributed by atoms with Crippen LogP contribution in [-0.4, -0.2) is 12.3 Å². The van der Waals surface area contributed by atoms with Gasteiger partial charge in [0.05, 0.1) is 6.54 Å². The second-order valence-electron chi connectivity index (χ2n) is 4.38. The second-order valence-corrected chi connectivity index (χ2v) is 4.38. The summed E-state index contributed by atoms with van der Waals surface area (Å²) in [6, 6.07) is 7.80. The Balaban J connectivity index is 2.31. The average molecular weight is 266 g/mol. The van der Waals surface area contributed by atoms with Crippen LogP contribution in [0.15, 0.2) is 67.0 Å². The van der Waals surface area contributed by atoms with Gasteiger partial charge in [-0.05, 0) is 25.1 Å². The maximum absolute atomic E-state index is 12.1. The molecule has 0 aromatic heterocycles. The summed E-state index contributed by atoms with van der Waals surface area (Å²) in [7, 11) is 0. The van der Waals surface area contributed by atoms with E-state index in [1.807, 2.05) is 49.4 Å². The number of ketones is 1. The number of carbonyl (C=O) groups is 1. The molecule has 1 aromatic carbocycles. The Labute approximate surface area is 119 Å². The zero-order valence-electron chi connectivity index (χ0n) is 11.5. The maximum Gasteiger partial charge on any atom is 0.183 e. The summed E-state index contributed by atoms with van der Waals surface area (Å²) in [6.07, 6.45) is 9.18. The summed E-state index contributed by atoms with van der Waals surface area (Å²) in [5.41, 5.74) is 3.49. The van der Waals surface area contributed by atoms with Crippen LogP contribution in [-0.2, 0) is 4.79 Å². The third-order valence-corrected chi connectivity index (χ3v) is 2.98. The van der Waals surface area contributed by atoms with Gasteiger partial charge >= 0.3 is 0 Å². The third-order valence-electron chi connectivity index (χ3n) is 2.98. The van der Waals surface area contributed by atoms with E-state index in [-0.39, 0.29) is 5.78 Å². The molecule has 3 nitrogen and oxygen atoms in total. The lowest BCUT2D eigenvalue weighted by Crippen LogP contribution is -2.23. The normalized spacial score (nSPS) is 16.9. The van der Waals surface area contributed by atoms with E-state index in [9.17, 15) is 4.79 Å². The molecule has 1 aromatic rings. The number of nitrogens with one attached hydrogen (secondary N) is 2. The minimum Gasteiger partial charge on any atom is -0.377 e. The van der Waals surface area contributed by atoms with Gasteiger partial charge in [0.15, 0.2) is 5.78 Å². The Morgan fingerprint density at radius 2 is 2.20 bits per heavy atom. The average Bonchev–Trinajstić information content (AvgIpc) is 2.46. The highest BCUT2D eigenvalue weighted by Crippen LogP contribution is 2.27. The van der Waals surface area contributed by atoms with E-state index in [0.29, 0.717) is 12.1 Å². The molecule has 102 valence electrons. The van der Waals surface area contributed by atoms with Crippen molar-refractivity contribution >= 4 is 17.0 Å². The quantitative estimate of drug-likeness (QED) is 0.649. The first kappa shape index (κ1) is 13.9. The molecule has 0 amide bonds. The fraction of sp³-hybridized carbons (Fsp3) is 0.118. The van der Waals surface area contributed by atoms with Gasteiger partial charge in [-0.3, -0.25) is 4.79 Å². The molecule has 2 N–H and O–H groups in total. The van der Waals surface area contributed by atoms with Crippen LogP contribution in [0.25, 0.3) is 5.57 Å². The number of allylic oxidation sites excluding steroid dienone is 4. The predicted molar refractivity (Wildman–Crippen MR) is 84.1 cm³/mol. The largest absolute Gasteiger partial charge is 0.377 e. The zero-order chi connectivity index (χ0) is 14.4. The van der Waals surface area contributed by atoms with E-state index < -0.39 is 0 Å². The predicted octanol–water partition coefficient (Wildman–Crippen LogP) is 3.26.